The van der Waals surface area contributed by atoms with Crippen molar-refractivity contribution >= 4 is 27.5 Å². The fraction of sp³-hybridized carbons (Fsp3) is 0.294. The number of thiazole rings is 1. The first kappa shape index (κ1) is 13.5. The SMILES string of the molecule is O=C(c1ccc[nH]1)N1CCC[C@H](c2nc3ccccc3s2)C1. The standard InChI is InChI=1S/C17H17N3OS/c21-17(14-7-3-9-18-14)20-10-4-5-12(11-20)16-19-13-6-1-2-8-15(13)22-16/h1-3,6-9,12,18H,4-5,10-11H2/t12-/m0/s1. The van der Waals surface area contributed by atoms with Gasteiger partial charge in [0.2, 0.25) is 0 Å². The first-order valence-electron chi connectivity index (χ1n) is 7.59. The topological polar surface area (TPSA) is 49.0 Å². The van der Waals surface area contributed by atoms with E-state index in [1.54, 1.807) is 17.5 Å². The molecule has 4 rings (SSSR count). The van der Waals surface area contributed by atoms with Crippen LogP contribution in [0.4, 0.5) is 0 Å². The molecule has 0 unspecified atom stereocenters. The number of piperidine rings is 1. The number of rotatable bonds is 2. The van der Waals surface area contributed by atoms with Crippen LogP contribution in [0.1, 0.15) is 34.3 Å². The lowest BCUT2D eigenvalue weighted by atomic mass is 9.98. The number of fused-ring (bicyclic) bond motifs is 1. The first-order valence-corrected chi connectivity index (χ1v) is 8.41. The van der Waals surface area contributed by atoms with E-state index >= 15 is 0 Å². The summed E-state index contributed by atoms with van der Waals surface area (Å²) < 4.78 is 1.23. The van der Waals surface area contributed by atoms with E-state index < -0.39 is 0 Å². The van der Waals surface area contributed by atoms with E-state index in [1.807, 2.05) is 29.2 Å². The summed E-state index contributed by atoms with van der Waals surface area (Å²) >= 11 is 1.76. The molecular formula is C17H17N3OS. The van der Waals surface area contributed by atoms with E-state index in [4.69, 9.17) is 4.98 Å². The second-order valence-electron chi connectivity index (χ2n) is 5.69. The van der Waals surface area contributed by atoms with Crippen molar-refractivity contribution in [1.82, 2.24) is 14.9 Å². The molecule has 1 aliphatic heterocycles. The fourth-order valence-electron chi connectivity index (χ4n) is 3.06. The predicted octanol–water partition coefficient (Wildman–Crippen LogP) is 3.64. The number of carbonyl (C=O) groups is 1. The van der Waals surface area contributed by atoms with Crippen molar-refractivity contribution < 1.29 is 4.79 Å². The first-order chi connectivity index (χ1) is 10.8. The lowest BCUT2D eigenvalue weighted by Gasteiger charge is -2.31. The third-order valence-electron chi connectivity index (χ3n) is 4.20. The Hall–Kier alpha value is -2.14. The van der Waals surface area contributed by atoms with Crippen molar-refractivity contribution in [3.05, 3.63) is 53.3 Å². The molecular weight excluding hydrogens is 294 g/mol. The molecule has 3 aromatic rings. The molecule has 5 heteroatoms. The molecule has 1 aromatic carbocycles. The highest BCUT2D eigenvalue weighted by Gasteiger charge is 2.27. The number of hydrogen-bond donors (Lipinski definition) is 1. The minimum absolute atomic E-state index is 0.0933. The number of para-hydroxylation sites is 1. The number of aromatic amines is 1. The maximum absolute atomic E-state index is 12.5. The molecule has 3 heterocycles. The number of H-pyrrole nitrogens is 1. The molecule has 1 N–H and O–H groups in total. The minimum atomic E-state index is 0.0933. The number of benzene rings is 1. The Labute approximate surface area is 132 Å². The molecule has 0 radical (unpaired) electrons. The zero-order valence-electron chi connectivity index (χ0n) is 12.2. The highest BCUT2D eigenvalue weighted by atomic mass is 32.1. The van der Waals surface area contributed by atoms with Gasteiger partial charge in [0, 0.05) is 25.2 Å². The quantitative estimate of drug-likeness (QED) is 0.785. The van der Waals surface area contributed by atoms with E-state index in [1.165, 1.54) is 4.70 Å². The van der Waals surface area contributed by atoms with Gasteiger partial charge in [-0.15, -0.1) is 11.3 Å². The number of amides is 1. The van der Waals surface area contributed by atoms with Crippen LogP contribution in [-0.4, -0.2) is 33.9 Å². The Kier molecular flexibility index (Phi) is 3.42. The average Bonchev–Trinajstić information content (AvgIpc) is 3.23. The van der Waals surface area contributed by atoms with Crippen molar-refractivity contribution in [2.75, 3.05) is 13.1 Å². The van der Waals surface area contributed by atoms with E-state index in [2.05, 4.69) is 17.1 Å². The van der Waals surface area contributed by atoms with Crippen LogP contribution >= 0.6 is 11.3 Å². The number of likely N-dealkylation sites (tertiary alicyclic amines) is 1. The van der Waals surface area contributed by atoms with Gasteiger partial charge in [-0.25, -0.2) is 4.98 Å². The smallest absolute Gasteiger partial charge is 0.270 e. The predicted molar refractivity (Wildman–Crippen MR) is 88.3 cm³/mol. The molecule has 0 bridgehead atoms. The fourth-order valence-corrected chi connectivity index (χ4v) is 4.15. The molecule has 0 saturated carbocycles. The molecule has 1 aliphatic rings. The maximum atomic E-state index is 12.5. The van der Waals surface area contributed by atoms with Crippen LogP contribution in [0.15, 0.2) is 42.6 Å². The van der Waals surface area contributed by atoms with Crippen molar-refractivity contribution in [1.29, 1.82) is 0 Å². The van der Waals surface area contributed by atoms with Crippen LogP contribution in [0.2, 0.25) is 0 Å². The Bertz CT molecular complexity index is 760. The van der Waals surface area contributed by atoms with Gasteiger partial charge in [-0.05, 0) is 37.1 Å². The van der Waals surface area contributed by atoms with Crippen molar-refractivity contribution in [2.45, 2.75) is 18.8 Å². The number of hydrogen-bond acceptors (Lipinski definition) is 3. The van der Waals surface area contributed by atoms with Gasteiger partial charge in [0.25, 0.3) is 5.91 Å². The van der Waals surface area contributed by atoms with Gasteiger partial charge in [0.15, 0.2) is 0 Å². The summed E-state index contributed by atoms with van der Waals surface area (Å²) in [7, 11) is 0. The van der Waals surface area contributed by atoms with Crippen LogP contribution < -0.4 is 0 Å². The summed E-state index contributed by atoms with van der Waals surface area (Å²) in [6, 6.07) is 11.9. The van der Waals surface area contributed by atoms with Gasteiger partial charge < -0.3 is 9.88 Å². The van der Waals surface area contributed by atoms with Crippen molar-refractivity contribution in [3.63, 3.8) is 0 Å². The van der Waals surface area contributed by atoms with E-state index in [-0.39, 0.29) is 5.91 Å². The third-order valence-corrected chi connectivity index (χ3v) is 5.40. The Morgan fingerprint density at radius 1 is 1.27 bits per heavy atom. The summed E-state index contributed by atoms with van der Waals surface area (Å²) in [5.41, 5.74) is 1.74. The summed E-state index contributed by atoms with van der Waals surface area (Å²) in [6.45, 7) is 1.59. The number of aromatic nitrogens is 2. The average molecular weight is 311 g/mol. The third kappa shape index (κ3) is 2.41. The molecule has 2 aromatic heterocycles. The van der Waals surface area contributed by atoms with Crippen LogP contribution in [0, 0.1) is 0 Å². The monoisotopic (exact) mass is 311 g/mol. The van der Waals surface area contributed by atoms with E-state index in [0.29, 0.717) is 11.6 Å². The zero-order chi connectivity index (χ0) is 14.9. The lowest BCUT2D eigenvalue weighted by Crippen LogP contribution is -2.39. The molecule has 1 atom stereocenters. The van der Waals surface area contributed by atoms with Gasteiger partial charge in [-0.2, -0.15) is 0 Å². The minimum Gasteiger partial charge on any atom is -0.357 e. The number of carbonyl (C=O) groups excluding carboxylic acids is 1. The number of nitrogens with zero attached hydrogens (tertiary/aromatic N) is 2. The number of nitrogens with one attached hydrogen (secondary N) is 1. The van der Waals surface area contributed by atoms with E-state index in [9.17, 15) is 4.79 Å². The molecule has 0 aliphatic carbocycles. The summed E-state index contributed by atoms with van der Waals surface area (Å²) in [5, 5.41) is 1.16. The molecule has 0 spiro atoms. The molecule has 1 amide bonds. The van der Waals surface area contributed by atoms with Crippen LogP contribution in [0.3, 0.4) is 0 Å². The Balaban J connectivity index is 1.56. The lowest BCUT2D eigenvalue weighted by molar-refractivity contribution is 0.0702. The highest BCUT2D eigenvalue weighted by Crippen LogP contribution is 2.33. The van der Waals surface area contributed by atoms with Crippen LogP contribution in [0.25, 0.3) is 10.2 Å². The highest BCUT2D eigenvalue weighted by molar-refractivity contribution is 7.18. The Morgan fingerprint density at radius 2 is 2.18 bits per heavy atom. The van der Waals surface area contributed by atoms with Gasteiger partial charge in [-0.1, -0.05) is 12.1 Å². The van der Waals surface area contributed by atoms with E-state index in [0.717, 1.165) is 36.5 Å². The normalized spacial score (nSPS) is 18.7. The summed E-state index contributed by atoms with van der Waals surface area (Å²) in [6.07, 6.45) is 3.93. The van der Waals surface area contributed by atoms with Crippen LogP contribution in [0.5, 0.6) is 0 Å². The molecule has 22 heavy (non-hydrogen) atoms. The Morgan fingerprint density at radius 3 is 3.00 bits per heavy atom. The molecule has 4 nitrogen and oxygen atoms in total. The van der Waals surface area contributed by atoms with Crippen LogP contribution in [-0.2, 0) is 0 Å². The largest absolute Gasteiger partial charge is 0.357 e. The summed E-state index contributed by atoms with van der Waals surface area (Å²) in [5.74, 6) is 0.445. The molecule has 1 fully saturated rings. The summed E-state index contributed by atoms with van der Waals surface area (Å²) in [4.78, 5) is 22.2. The maximum Gasteiger partial charge on any atom is 0.270 e. The zero-order valence-corrected chi connectivity index (χ0v) is 13.0. The molecule has 1 saturated heterocycles. The second-order valence-corrected chi connectivity index (χ2v) is 6.76. The van der Waals surface area contributed by atoms with Gasteiger partial charge >= 0.3 is 0 Å². The van der Waals surface area contributed by atoms with Crippen molar-refractivity contribution in [2.24, 2.45) is 0 Å². The van der Waals surface area contributed by atoms with Crippen molar-refractivity contribution in [3.8, 4) is 0 Å². The van der Waals surface area contributed by atoms with Gasteiger partial charge in [0.05, 0.1) is 15.2 Å². The van der Waals surface area contributed by atoms with Gasteiger partial charge in [0.1, 0.15) is 5.69 Å². The van der Waals surface area contributed by atoms with Gasteiger partial charge in [-0.3, -0.25) is 4.79 Å². The second kappa shape index (κ2) is 5.57. The molecule has 112 valence electrons.